The quantitative estimate of drug-likeness (QED) is 0.529. The minimum atomic E-state index is 0.000661. The van der Waals surface area contributed by atoms with Crippen LogP contribution >= 0.6 is 0 Å². The van der Waals surface area contributed by atoms with Crippen LogP contribution in [0.3, 0.4) is 0 Å². The minimum absolute atomic E-state index is 0.000661. The van der Waals surface area contributed by atoms with Crippen LogP contribution in [0.4, 0.5) is 10.5 Å². The van der Waals surface area contributed by atoms with Crippen molar-refractivity contribution >= 4 is 11.7 Å². The fraction of sp³-hybridized carbons (Fsp3) is 0.346. The molecule has 0 aliphatic heterocycles. The summed E-state index contributed by atoms with van der Waals surface area (Å²) in [4.78, 5) is 15.4. The van der Waals surface area contributed by atoms with Gasteiger partial charge in [-0.1, -0.05) is 49.2 Å². The highest BCUT2D eigenvalue weighted by Crippen LogP contribution is 2.28. The van der Waals surface area contributed by atoms with E-state index in [2.05, 4.69) is 59.0 Å². The zero-order valence-corrected chi connectivity index (χ0v) is 18.2. The van der Waals surface area contributed by atoms with E-state index in [1.807, 2.05) is 37.3 Å². The Hall–Kier alpha value is -3.01. The van der Waals surface area contributed by atoms with Crippen LogP contribution in [0.15, 0.2) is 60.7 Å². The fourth-order valence-corrected chi connectivity index (χ4v) is 4.63. The summed E-state index contributed by atoms with van der Waals surface area (Å²) in [5.41, 5.74) is 6.74. The first-order valence-electron chi connectivity index (χ1n) is 10.9. The van der Waals surface area contributed by atoms with Gasteiger partial charge in [-0.2, -0.15) is 0 Å². The summed E-state index contributed by atoms with van der Waals surface area (Å²) in [6, 6.07) is 20.9. The Morgan fingerprint density at radius 2 is 1.67 bits per heavy atom. The summed E-state index contributed by atoms with van der Waals surface area (Å²) in [5.74, 6) is 0. The number of aryl methyl sites for hydroxylation is 2. The maximum absolute atomic E-state index is 13.3. The third-order valence-corrected chi connectivity index (χ3v) is 6.30. The second kappa shape index (κ2) is 8.78. The molecule has 0 atom stereocenters. The molecule has 0 radical (unpaired) electrons. The Kier molecular flexibility index (Phi) is 5.93. The Morgan fingerprint density at radius 3 is 2.37 bits per heavy atom. The zero-order valence-electron chi connectivity index (χ0n) is 18.2. The van der Waals surface area contributed by atoms with Gasteiger partial charge in [-0.3, -0.25) is 0 Å². The van der Waals surface area contributed by atoms with E-state index in [9.17, 15) is 4.79 Å². The molecular weight excluding hydrogens is 370 g/mol. The lowest BCUT2D eigenvalue weighted by Crippen LogP contribution is -2.41. The van der Waals surface area contributed by atoms with Crippen molar-refractivity contribution in [1.82, 2.24) is 9.47 Å². The van der Waals surface area contributed by atoms with Crippen LogP contribution in [0.5, 0.6) is 0 Å². The number of nitrogens with zero attached hydrogens (tertiary/aromatic N) is 2. The molecule has 1 aliphatic carbocycles. The third kappa shape index (κ3) is 4.13. The van der Waals surface area contributed by atoms with E-state index in [1.165, 1.54) is 29.8 Å². The molecule has 3 aromatic rings. The average molecular weight is 402 g/mol. The molecule has 2 amide bonds. The van der Waals surface area contributed by atoms with Crippen molar-refractivity contribution < 1.29 is 4.79 Å². The molecule has 4 heteroatoms. The van der Waals surface area contributed by atoms with Gasteiger partial charge >= 0.3 is 6.03 Å². The Morgan fingerprint density at radius 1 is 1.00 bits per heavy atom. The minimum Gasteiger partial charge on any atom is -0.318 e. The molecule has 156 valence electrons. The number of carbonyl (C=O) groups is 1. The van der Waals surface area contributed by atoms with E-state index < -0.39 is 0 Å². The number of benzene rings is 2. The molecule has 2 aromatic carbocycles. The van der Waals surface area contributed by atoms with Crippen LogP contribution < -0.4 is 5.32 Å². The molecule has 0 bridgehead atoms. The summed E-state index contributed by atoms with van der Waals surface area (Å²) in [7, 11) is 0. The molecule has 0 spiro atoms. The van der Waals surface area contributed by atoms with Crippen molar-refractivity contribution in [1.29, 1.82) is 0 Å². The molecule has 1 fully saturated rings. The zero-order chi connectivity index (χ0) is 21.1. The summed E-state index contributed by atoms with van der Waals surface area (Å²) >= 11 is 0. The number of para-hydroxylation sites is 2. The van der Waals surface area contributed by atoms with Gasteiger partial charge < -0.3 is 14.8 Å². The van der Waals surface area contributed by atoms with Gasteiger partial charge in [0.15, 0.2) is 0 Å². The molecular formula is C26H31N3O. The lowest BCUT2D eigenvalue weighted by molar-refractivity contribution is 0.184. The van der Waals surface area contributed by atoms with Crippen molar-refractivity contribution in [3.8, 4) is 5.69 Å². The van der Waals surface area contributed by atoms with Crippen LogP contribution in [0.1, 0.15) is 48.2 Å². The Balaban J connectivity index is 1.62. The number of rotatable bonds is 5. The molecule has 0 saturated heterocycles. The SMILES string of the molecule is Cc1ccccc1NC(=O)N(Cc1cc(C)n(-c2ccccc2)c1C)C1CCCC1. The number of aromatic nitrogens is 1. The molecule has 4 nitrogen and oxygen atoms in total. The maximum Gasteiger partial charge on any atom is 0.322 e. The van der Waals surface area contributed by atoms with E-state index in [1.54, 1.807) is 0 Å². The van der Waals surface area contributed by atoms with E-state index in [0.717, 1.165) is 29.8 Å². The number of anilines is 1. The highest BCUT2D eigenvalue weighted by molar-refractivity contribution is 5.90. The van der Waals surface area contributed by atoms with Gasteiger partial charge in [0.1, 0.15) is 0 Å². The smallest absolute Gasteiger partial charge is 0.318 e. The monoisotopic (exact) mass is 401 g/mol. The van der Waals surface area contributed by atoms with E-state index in [0.29, 0.717) is 12.6 Å². The fourth-order valence-electron chi connectivity index (χ4n) is 4.63. The van der Waals surface area contributed by atoms with Crippen LogP contribution in [0.2, 0.25) is 0 Å². The predicted octanol–water partition coefficient (Wildman–Crippen LogP) is 6.38. The topological polar surface area (TPSA) is 37.3 Å². The van der Waals surface area contributed by atoms with Gasteiger partial charge in [0.05, 0.1) is 0 Å². The van der Waals surface area contributed by atoms with Crippen molar-refractivity contribution in [2.75, 3.05) is 5.32 Å². The number of urea groups is 1. The lowest BCUT2D eigenvalue weighted by Gasteiger charge is -2.29. The number of carbonyl (C=O) groups excluding carboxylic acids is 1. The van der Waals surface area contributed by atoms with Crippen LogP contribution in [0, 0.1) is 20.8 Å². The first-order valence-corrected chi connectivity index (χ1v) is 10.9. The highest BCUT2D eigenvalue weighted by Gasteiger charge is 2.28. The lowest BCUT2D eigenvalue weighted by atomic mass is 10.1. The van der Waals surface area contributed by atoms with E-state index in [4.69, 9.17) is 0 Å². The van der Waals surface area contributed by atoms with Crippen LogP contribution in [-0.4, -0.2) is 21.5 Å². The van der Waals surface area contributed by atoms with Crippen molar-refractivity contribution in [2.45, 2.75) is 59.0 Å². The number of hydrogen-bond acceptors (Lipinski definition) is 1. The maximum atomic E-state index is 13.3. The van der Waals surface area contributed by atoms with Gasteiger partial charge in [0.25, 0.3) is 0 Å². The number of nitrogens with one attached hydrogen (secondary N) is 1. The first kappa shape index (κ1) is 20.3. The molecule has 1 N–H and O–H groups in total. The standard InChI is InChI=1S/C26H31N3O/c1-19-11-7-10-16-25(19)27-26(30)28(23-12-8-9-13-23)18-22-17-20(2)29(21(22)3)24-14-5-4-6-15-24/h4-7,10-11,14-17,23H,8-9,12-13,18H2,1-3H3,(H,27,30). The molecule has 0 unspecified atom stereocenters. The third-order valence-electron chi connectivity index (χ3n) is 6.30. The van der Waals surface area contributed by atoms with Gasteiger partial charge in [0, 0.05) is 35.3 Å². The Labute approximate surface area is 179 Å². The normalized spacial score (nSPS) is 14.1. The number of hydrogen-bond donors (Lipinski definition) is 1. The summed E-state index contributed by atoms with van der Waals surface area (Å²) < 4.78 is 2.28. The first-order chi connectivity index (χ1) is 14.5. The van der Waals surface area contributed by atoms with Gasteiger partial charge in [-0.25, -0.2) is 4.79 Å². The van der Waals surface area contributed by atoms with E-state index in [-0.39, 0.29) is 6.03 Å². The summed E-state index contributed by atoms with van der Waals surface area (Å²) in [5, 5.41) is 3.16. The van der Waals surface area contributed by atoms with E-state index >= 15 is 0 Å². The molecule has 1 saturated carbocycles. The van der Waals surface area contributed by atoms with Gasteiger partial charge in [-0.15, -0.1) is 0 Å². The molecule has 1 heterocycles. The molecule has 4 rings (SSSR count). The van der Waals surface area contributed by atoms with Crippen LogP contribution in [0.25, 0.3) is 5.69 Å². The molecule has 1 aliphatic rings. The Bertz CT molecular complexity index is 1020. The van der Waals surface area contributed by atoms with Crippen molar-refractivity contribution in [3.63, 3.8) is 0 Å². The van der Waals surface area contributed by atoms with Crippen LogP contribution in [-0.2, 0) is 6.54 Å². The van der Waals surface area contributed by atoms with Crippen molar-refractivity contribution in [3.05, 3.63) is 83.2 Å². The largest absolute Gasteiger partial charge is 0.322 e. The second-order valence-corrected chi connectivity index (χ2v) is 8.38. The number of amides is 2. The summed E-state index contributed by atoms with van der Waals surface area (Å²) in [6.07, 6.45) is 4.56. The summed E-state index contributed by atoms with van der Waals surface area (Å²) in [6.45, 7) is 6.95. The molecule has 30 heavy (non-hydrogen) atoms. The predicted molar refractivity (Wildman–Crippen MR) is 123 cm³/mol. The van der Waals surface area contributed by atoms with Gasteiger partial charge in [0.2, 0.25) is 0 Å². The highest BCUT2D eigenvalue weighted by atomic mass is 16.2. The van der Waals surface area contributed by atoms with Gasteiger partial charge in [-0.05, 0) is 69.0 Å². The van der Waals surface area contributed by atoms with Crippen molar-refractivity contribution in [2.24, 2.45) is 0 Å². The molecule has 1 aromatic heterocycles. The second-order valence-electron chi connectivity index (χ2n) is 8.38. The average Bonchev–Trinajstić information content (AvgIpc) is 3.36.